The lowest BCUT2D eigenvalue weighted by Crippen LogP contribution is -2.38. The van der Waals surface area contributed by atoms with Gasteiger partial charge < -0.3 is 5.11 Å². The van der Waals surface area contributed by atoms with Crippen LogP contribution in [0.1, 0.15) is 25.5 Å². The molecule has 2 rings (SSSR count). The third kappa shape index (κ3) is 2.46. The van der Waals surface area contributed by atoms with Crippen molar-refractivity contribution in [2.75, 3.05) is 13.6 Å². The number of hydrogen-bond donors (Lipinski definition) is 1. The molecule has 1 aliphatic rings. The van der Waals surface area contributed by atoms with Gasteiger partial charge in [-0.25, -0.2) is 0 Å². The van der Waals surface area contributed by atoms with E-state index in [1.165, 1.54) is 0 Å². The summed E-state index contributed by atoms with van der Waals surface area (Å²) in [7, 11) is 2.02. The van der Waals surface area contributed by atoms with Gasteiger partial charge in [0.1, 0.15) is 18.3 Å². The van der Waals surface area contributed by atoms with Crippen molar-refractivity contribution in [3.8, 4) is 0 Å². The number of hydrogen-bond acceptors (Lipinski definition) is 2. The molecule has 1 aromatic carbocycles. The molecule has 0 amide bonds. The van der Waals surface area contributed by atoms with Crippen molar-refractivity contribution in [2.45, 2.75) is 20.0 Å². The van der Waals surface area contributed by atoms with Gasteiger partial charge in [0.25, 0.3) is 0 Å². The Kier molecular flexibility index (Phi) is 3.13. The molecule has 0 bridgehead atoms. The molecular weight excluding hydrogens is 212 g/mol. The number of allylic oxidation sites excluding steroid dienone is 2. The summed E-state index contributed by atoms with van der Waals surface area (Å²) < 4.78 is 0.446. The van der Waals surface area contributed by atoms with E-state index in [-0.39, 0.29) is 0 Å². The lowest BCUT2D eigenvalue weighted by Gasteiger charge is -2.27. The van der Waals surface area contributed by atoms with Gasteiger partial charge in [0.2, 0.25) is 0 Å². The zero-order valence-corrected chi connectivity index (χ0v) is 10.6. The molecule has 2 unspecified atom stereocenters. The molecule has 1 N–H and O–H groups in total. The van der Waals surface area contributed by atoms with Gasteiger partial charge in [-0.2, -0.15) is 4.59 Å². The van der Waals surface area contributed by atoms with E-state index in [1.807, 2.05) is 44.3 Å². The highest BCUT2D eigenvalue weighted by atomic mass is 16.3. The summed E-state index contributed by atoms with van der Waals surface area (Å²) in [5, 5.41) is 14.8. The maximum absolute atomic E-state index is 10.2. The van der Waals surface area contributed by atoms with E-state index in [4.69, 9.17) is 0 Å². The van der Waals surface area contributed by atoms with Gasteiger partial charge in [-0.15, -0.1) is 0 Å². The molecule has 2 atom stereocenters. The standard InChI is InChI=1S/C14H19N2O/c1-11-9-12(2)16(3,15-11)10-14(17)13-7-5-4-6-8-13/h4-9,14,17H,10H2,1-3H3/q+1. The Hall–Kier alpha value is -1.45. The van der Waals surface area contributed by atoms with Crippen LogP contribution in [0.4, 0.5) is 0 Å². The molecule has 3 nitrogen and oxygen atoms in total. The van der Waals surface area contributed by atoms with Crippen LogP contribution in [-0.4, -0.2) is 29.0 Å². The van der Waals surface area contributed by atoms with Gasteiger partial charge in [0.05, 0.1) is 12.8 Å². The first-order chi connectivity index (χ1) is 8.01. The molecule has 0 radical (unpaired) electrons. The van der Waals surface area contributed by atoms with E-state index in [1.54, 1.807) is 0 Å². The number of aliphatic hydroxyl groups is 1. The monoisotopic (exact) mass is 231 g/mol. The normalized spacial score (nSPS) is 25.4. The predicted octanol–water partition coefficient (Wildman–Crippen LogP) is 2.46. The van der Waals surface area contributed by atoms with E-state index in [9.17, 15) is 5.11 Å². The van der Waals surface area contributed by atoms with Gasteiger partial charge >= 0.3 is 0 Å². The highest BCUT2D eigenvalue weighted by molar-refractivity contribution is 5.93. The molecule has 0 saturated carbocycles. The maximum Gasteiger partial charge on any atom is 0.138 e. The van der Waals surface area contributed by atoms with Crippen LogP contribution in [0.2, 0.25) is 0 Å². The van der Waals surface area contributed by atoms with Crippen molar-refractivity contribution in [3.63, 3.8) is 0 Å². The Balaban J connectivity index is 2.15. The number of quaternary nitrogens is 1. The van der Waals surface area contributed by atoms with Gasteiger partial charge in [-0.05, 0) is 12.5 Å². The molecule has 0 aliphatic carbocycles. The smallest absolute Gasteiger partial charge is 0.138 e. The Bertz CT molecular complexity index is 464. The second kappa shape index (κ2) is 4.43. The van der Waals surface area contributed by atoms with E-state index in [2.05, 4.69) is 18.1 Å². The molecule has 1 heterocycles. The van der Waals surface area contributed by atoms with Crippen LogP contribution in [0, 0.1) is 0 Å². The molecular formula is C14H19N2O+. The van der Waals surface area contributed by atoms with Gasteiger partial charge in [0, 0.05) is 13.0 Å². The van der Waals surface area contributed by atoms with Crippen LogP contribution < -0.4 is 0 Å². The minimum atomic E-state index is -0.487. The molecule has 0 saturated heterocycles. The average molecular weight is 231 g/mol. The zero-order chi connectivity index (χ0) is 12.5. The Morgan fingerprint density at radius 3 is 2.41 bits per heavy atom. The van der Waals surface area contributed by atoms with Crippen LogP contribution in [-0.2, 0) is 0 Å². The molecule has 0 spiro atoms. The van der Waals surface area contributed by atoms with Crippen molar-refractivity contribution in [3.05, 3.63) is 47.7 Å². The fraction of sp³-hybridized carbons (Fsp3) is 0.357. The van der Waals surface area contributed by atoms with Crippen LogP contribution in [0.3, 0.4) is 0 Å². The van der Waals surface area contributed by atoms with Crippen LogP contribution in [0.15, 0.2) is 47.2 Å². The SMILES string of the molecule is CC1=CC(C)=N[N+]1(C)CC(O)c1ccccc1. The molecule has 17 heavy (non-hydrogen) atoms. The summed E-state index contributed by atoms with van der Waals surface area (Å²) in [5.74, 6) is 0. The molecule has 90 valence electrons. The summed E-state index contributed by atoms with van der Waals surface area (Å²) in [5.41, 5.74) is 3.13. The Morgan fingerprint density at radius 2 is 1.88 bits per heavy atom. The lowest BCUT2D eigenvalue weighted by molar-refractivity contribution is -0.880. The minimum Gasteiger partial charge on any atom is -0.382 e. The van der Waals surface area contributed by atoms with Crippen LogP contribution in [0.5, 0.6) is 0 Å². The van der Waals surface area contributed by atoms with Crippen molar-refractivity contribution in [1.29, 1.82) is 0 Å². The number of likely N-dealkylation sites (N-methyl/N-ethyl adjacent to an activating group) is 1. The maximum atomic E-state index is 10.2. The van der Waals surface area contributed by atoms with Gasteiger partial charge in [-0.3, -0.25) is 0 Å². The first kappa shape index (κ1) is 12.0. The average Bonchev–Trinajstić information content (AvgIpc) is 2.53. The Labute approximate surface area is 102 Å². The third-order valence-electron chi connectivity index (χ3n) is 3.27. The van der Waals surface area contributed by atoms with Crippen molar-refractivity contribution in [1.82, 2.24) is 0 Å². The topological polar surface area (TPSA) is 32.6 Å². The van der Waals surface area contributed by atoms with Crippen LogP contribution >= 0.6 is 0 Å². The summed E-state index contributed by atoms with van der Waals surface area (Å²) in [6.45, 7) is 4.61. The molecule has 1 aromatic rings. The fourth-order valence-electron chi connectivity index (χ4n) is 2.20. The number of aliphatic hydroxyl groups excluding tert-OH is 1. The quantitative estimate of drug-likeness (QED) is 0.796. The molecule has 1 aliphatic heterocycles. The summed E-state index contributed by atoms with van der Waals surface area (Å²) in [4.78, 5) is 0. The molecule has 0 aromatic heterocycles. The largest absolute Gasteiger partial charge is 0.382 e. The highest BCUT2D eigenvalue weighted by Crippen LogP contribution is 2.26. The van der Waals surface area contributed by atoms with Crippen molar-refractivity contribution < 1.29 is 9.70 Å². The fourth-order valence-corrected chi connectivity index (χ4v) is 2.20. The van der Waals surface area contributed by atoms with Crippen molar-refractivity contribution in [2.24, 2.45) is 5.10 Å². The predicted molar refractivity (Wildman–Crippen MR) is 69.3 cm³/mol. The number of rotatable bonds is 3. The first-order valence-electron chi connectivity index (χ1n) is 5.85. The molecule has 0 fully saturated rings. The lowest BCUT2D eigenvalue weighted by atomic mass is 10.1. The zero-order valence-electron chi connectivity index (χ0n) is 10.6. The van der Waals surface area contributed by atoms with Crippen molar-refractivity contribution >= 4 is 5.71 Å². The summed E-state index contributed by atoms with van der Waals surface area (Å²) in [6, 6.07) is 9.74. The number of nitrogens with zero attached hydrogens (tertiary/aromatic N) is 2. The van der Waals surface area contributed by atoms with E-state index >= 15 is 0 Å². The van der Waals surface area contributed by atoms with Crippen LogP contribution in [0.25, 0.3) is 0 Å². The second-order valence-electron chi connectivity index (χ2n) is 4.78. The minimum absolute atomic E-state index is 0.446. The third-order valence-corrected chi connectivity index (χ3v) is 3.27. The Morgan fingerprint density at radius 1 is 1.24 bits per heavy atom. The summed E-state index contributed by atoms with van der Waals surface area (Å²) >= 11 is 0. The van der Waals surface area contributed by atoms with E-state index < -0.39 is 6.10 Å². The van der Waals surface area contributed by atoms with E-state index in [0.29, 0.717) is 11.1 Å². The molecule has 3 heteroatoms. The van der Waals surface area contributed by atoms with E-state index in [0.717, 1.165) is 17.0 Å². The highest BCUT2D eigenvalue weighted by Gasteiger charge is 2.32. The van der Waals surface area contributed by atoms with Gasteiger partial charge in [0.15, 0.2) is 0 Å². The number of benzene rings is 1. The van der Waals surface area contributed by atoms with Gasteiger partial charge in [-0.1, -0.05) is 35.4 Å². The second-order valence-corrected chi connectivity index (χ2v) is 4.78. The summed E-state index contributed by atoms with van der Waals surface area (Å²) in [6.07, 6.45) is 1.58. The first-order valence-corrected chi connectivity index (χ1v) is 5.85.